The summed E-state index contributed by atoms with van der Waals surface area (Å²) in [5.41, 5.74) is 7.22. The zero-order chi connectivity index (χ0) is 13.5. The van der Waals surface area contributed by atoms with Crippen molar-refractivity contribution in [1.29, 1.82) is 0 Å². The maximum Gasteiger partial charge on any atom is 0.331 e. The fourth-order valence-corrected chi connectivity index (χ4v) is 1.72. The predicted octanol–water partition coefficient (Wildman–Crippen LogP) is 3.26. The van der Waals surface area contributed by atoms with Gasteiger partial charge in [0.15, 0.2) is 0 Å². The third-order valence-electron chi connectivity index (χ3n) is 2.47. The second-order valence-corrected chi connectivity index (χ2v) is 4.88. The molecule has 1 aromatic carbocycles. The number of rotatable bonds is 5. The standard InChI is InChI=1S/C15H21NO2/c1-11(2)10-12(3)18-15(17)9-6-13-4-7-14(16)8-5-13/h4-9,11-12H,10,16H2,1-3H3/b9-6+. The van der Waals surface area contributed by atoms with Gasteiger partial charge in [-0.05, 0) is 43.0 Å². The highest BCUT2D eigenvalue weighted by atomic mass is 16.5. The smallest absolute Gasteiger partial charge is 0.331 e. The lowest BCUT2D eigenvalue weighted by Crippen LogP contribution is -2.15. The van der Waals surface area contributed by atoms with Gasteiger partial charge in [0, 0.05) is 11.8 Å². The minimum Gasteiger partial charge on any atom is -0.460 e. The van der Waals surface area contributed by atoms with Gasteiger partial charge in [0.05, 0.1) is 6.10 Å². The van der Waals surface area contributed by atoms with Gasteiger partial charge < -0.3 is 10.5 Å². The normalized spacial score (nSPS) is 12.9. The van der Waals surface area contributed by atoms with E-state index in [0.717, 1.165) is 12.0 Å². The van der Waals surface area contributed by atoms with Crippen LogP contribution in [-0.2, 0) is 9.53 Å². The van der Waals surface area contributed by atoms with Crippen LogP contribution in [0.25, 0.3) is 6.08 Å². The molecule has 0 heterocycles. The Balaban J connectivity index is 2.46. The topological polar surface area (TPSA) is 52.3 Å². The lowest BCUT2D eigenvalue weighted by molar-refractivity contribution is -0.142. The maximum absolute atomic E-state index is 11.5. The molecule has 0 spiro atoms. The summed E-state index contributed by atoms with van der Waals surface area (Å²) in [5, 5.41) is 0. The summed E-state index contributed by atoms with van der Waals surface area (Å²) in [7, 11) is 0. The number of nitrogens with two attached hydrogens (primary N) is 1. The quantitative estimate of drug-likeness (QED) is 0.493. The highest BCUT2D eigenvalue weighted by molar-refractivity contribution is 5.87. The molecule has 0 bridgehead atoms. The molecular weight excluding hydrogens is 226 g/mol. The van der Waals surface area contributed by atoms with E-state index in [4.69, 9.17) is 10.5 Å². The Labute approximate surface area is 109 Å². The van der Waals surface area contributed by atoms with Crippen LogP contribution in [0.2, 0.25) is 0 Å². The van der Waals surface area contributed by atoms with Crippen LogP contribution in [-0.4, -0.2) is 12.1 Å². The van der Waals surface area contributed by atoms with Gasteiger partial charge in [0.2, 0.25) is 0 Å². The molecule has 98 valence electrons. The molecule has 0 aliphatic rings. The second-order valence-electron chi connectivity index (χ2n) is 4.88. The number of hydrogen-bond acceptors (Lipinski definition) is 3. The van der Waals surface area contributed by atoms with Crippen LogP contribution >= 0.6 is 0 Å². The van der Waals surface area contributed by atoms with Gasteiger partial charge in [0.25, 0.3) is 0 Å². The minimum atomic E-state index is -0.306. The molecule has 0 aliphatic carbocycles. The van der Waals surface area contributed by atoms with Crippen molar-refractivity contribution in [3.05, 3.63) is 35.9 Å². The Hall–Kier alpha value is -1.77. The molecule has 1 rings (SSSR count). The van der Waals surface area contributed by atoms with Crippen LogP contribution < -0.4 is 5.73 Å². The number of anilines is 1. The summed E-state index contributed by atoms with van der Waals surface area (Å²) in [6, 6.07) is 7.31. The summed E-state index contributed by atoms with van der Waals surface area (Å²) >= 11 is 0. The van der Waals surface area contributed by atoms with E-state index in [1.165, 1.54) is 6.08 Å². The van der Waals surface area contributed by atoms with Crippen LogP contribution in [0.4, 0.5) is 5.69 Å². The van der Waals surface area contributed by atoms with Gasteiger partial charge in [0.1, 0.15) is 0 Å². The van der Waals surface area contributed by atoms with E-state index in [9.17, 15) is 4.79 Å². The Bertz CT molecular complexity index is 407. The molecule has 18 heavy (non-hydrogen) atoms. The Morgan fingerprint density at radius 2 is 1.89 bits per heavy atom. The van der Waals surface area contributed by atoms with E-state index < -0.39 is 0 Å². The molecule has 1 unspecified atom stereocenters. The first-order valence-electron chi connectivity index (χ1n) is 6.21. The summed E-state index contributed by atoms with van der Waals surface area (Å²) in [6.07, 6.45) is 4.00. The monoisotopic (exact) mass is 247 g/mol. The van der Waals surface area contributed by atoms with E-state index >= 15 is 0 Å². The summed E-state index contributed by atoms with van der Waals surface area (Å²) in [6.45, 7) is 6.12. The first-order chi connectivity index (χ1) is 8.47. The average Bonchev–Trinajstić information content (AvgIpc) is 2.27. The van der Waals surface area contributed by atoms with Crippen molar-refractivity contribution < 1.29 is 9.53 Å². The molecule has 0 aromatic heterocycles. The van der Waals surface area contributed by atoms with Crippen molar-refractivity contribution >= 4 is 17.7 Å². The number of esters is 1. The van der Waals surface area contributed by atoms with Crippen LogP contribution in [0.1, 0.15) is 32.8 Å². The molecule has 0 saturated heterocycles. The zero-order valence-corrected chi connectivity index (χ0v) is 11.2. The first kappa shape index (κ1) is 14.3. The zero-order valence-electron chi connectivity index (χ0n) is 11.2. The van der Waals surface area contributed by atoms with Crippen molar-refractivity contribution in [1.82, 2.24) is 0 Å². The number of carbonyl (C=O) groups excluding carboxylic acids is 1. The lowest BCUT2D eigenvalue weighted by atomic mass is 10.1. The lowest BCUT2D eigenvalue weighted by Gasteiger charge is -2.13. The van der Waals surface area contributed by atoms with Gasteiger partial charge in [-0.2, -0.15) is 0 Å². The van der Waals surface area contributed by atoms with Gasteiger partial charge in [-0.15, -0.1) is 0 Å². The van der Waals surface area contributed by atoms with Gasteiger partial charge in [-0.1, -0.05) is 26.0 Å². The van der Waals surface area contributed by atoms with Crippen molar-refractivity contribution in [2.75, 3.05) is 5.73 Å². The third-order valence-corrected chi connectivity index (χ3v) is 2.47. The van der Waals surface area contributed by atoms with Crippen molar-refractivity contribution in [3.63, 3.8) is 0 Å². The molecule has 1 atom stereocenters. The molecule has 3 heteroatoms. The fraction of sp³-hybridized carbons (Fsp3) is 0.400. The van der Waals surface area contributed by atoms with E-state index in [1.54, 1.807) is 18.2 Å². The minimum absolute atomic E-state index is 0.0476. The van der Waals surface area contributed by atoms with E-state index in [1.807, 2.05) is 19.1 Å². The SMILES string of the molecule is CC(C)CC(C)OC(=O)/C=C/c1ccc(N)cc1. The molecule has 0 saturated carbocycles. The number of ether oxygens (including phenoxy) is 1. The van der Waals surface area contributed by atoms with Crippen LogP contribution in [0.5, 0.6) is 0 Å². The third kappa shape index (κ3) is 5.53. The summed E-state index contributed by atoms with van der Waals surface area (Å²) in [4.78, 5) is 11.5. The predicted molar refractivity (Wildman–Crippen MR) is 74.9 cm³/mol. The fourth-order valence-electron chi connectivity index (χ4n) is 1.72. The summed E-state index contributed by atoms with van der Waals surface area (Å²) in [5.74, 6) is 0.217. The molecule has 0 radical (unpaired) electrons. The molecule has 0 amide bonds. The van der Waals surface area contributed by atoms with E-state index in [-0.39, 0.29) is 12.1 Å². The number of benzene rings is 1. The molecule has 3 nitrogen and oxygen atoms in total. The van der Waals surface area contributed by atoms with Crippen LogP contribution in [0.3, 0.4) is 0 Å². The first-order valence-corrected chi connectivity index (χ1v) is 6.21. The average molecular weight is 247 g/mol. The molecule has 0 aliphatic heterocycles. The van der Waals surface area contributed by atoms with Crippen molar-refractivity contribution in [2.45, 2.75) is 33.3 Å². The number of carbonyl (C=O) groups is 1. The number of nitrogen functional groups attached to an aromatic ring is 1. The van der Waals surface area contributed by atoms with Gasteiger partial charge in [-0.25, -0.2) is 4.79 Å². The van der Waals surface area contributed by atoms with Gasteiger partial charge in [-0.3, -0.25) is 0 Å². The Morgan fingerprint density at radius 3 is 2.44 bits per heavy atom. The van der Waals surface area contributed by atoms with Gasteiger partial charge >= 0.3 is 5.97 Å². The second kappa shape index (κ2) is 6.84. The van der Waals surface area contributed by atoms with E-state index in [0.29, 0.717) is 11.6 Å². The molecule has 2 N–H and O–H groups in total. The largest absolute Gasteiger partial charge is 0.460 e. The summed E-state index contributed by atoms with van der Waals surface area (Å²) < 4.78 is 5.26. The van der Waals surface area contributed by atoms with Crippen LogP contribution in [0, 0.1) is 5.92 Å². The molecular formula is C15H21NO2. The van der Waals surface area contributed by atoms with E-state index in [2.05, 4.69) is 13.8 Å². The Kier molecular flexibility index (Phi) is 5.43. The molecule has 1 aromatic rings. The highest BCUT2D eigenvalue weighted by Gasteiger charge is 2.08. The maximum atomic E-state index is 11.5. The number of hydrogen-bond donors (Lipinski definition) is 1. The van der Waals surface area contributed by atoms with Crippen molar-refractivity contribution in [2.24, 2.45) is 5.92 Å². The van der Waals surface area contributed by atoms with Crippen molar-refractivity contribution in [3.8, 4) is 0 Å². The highest BCUT2D eigenvalue weighted by Crippen LogP contribution is 2.09. The Morgan fingerprint density at radius 1 is 1.28 bits per heavy atom. The van der Waals surface area contributed by atoms with Crippen LogP contribution in [0.15, 0.2) is 30.3 Å². The molecule has 0 fully saturated rings.